The molecular formula is C46H62N8O4S2. The molecule has 2 fully saturated rings. The van der Waals surface area contributed by atoms with Gasteiger partial charge in [0.1, 0.15) is 23.1 Å². The molecule has 4 N–H and O–H groups in total. The molecule has 0 radical (unpaired) electrons. The zero-order valence-corrected chi connectivity index (χ0v) is 36.9. The molecule has 2 aliphatic heterocycles. The highest BCUT2D eigenvalue weighted by molar-refractivity contribution is 8.76. The predicted molar refractivity (Wildman–Crippen MR) is 241 cm³/mol. The average Bonchev–Trinajstić information content (AvgIpc) is 3.94. The molecule has 60 heavy (non-hydrogen) atoms. The van der Waals surface area contributed by atoms with Gasteiger partial charge in [-0.2, -0.15) is 0 Å². The molecule has 2 aliphatic carbocycles. The molecule has 0 bridgehead atoms. The van der Waals surface area contributed by atoms with E-state index < -0.39 is 12.1 Å². The van der Waals surface area contributed by atoms with Crippen LogP contribution in [-0.4, -0.2) is 91.6 Å². The van der Waals surface area contributed by atoms with E-state index in [1.807, 2.05) is 58.3 Å². The van der Waals surface area contributed by atoms with Crippen LogP contribution in [-0.2, 0) is 22.7 Å². The number of fused-ring (bicyclic) bond motifs is 2. The fraction of sp³-hybridized carbons (Fsp3) is 0.565. The number of methoxy groups -OCH3 is 2. The fourth-order valence-electron chi connectivity index (χ4n) is 10.0. The molecule has 4 aliphatic rings. The van der Waals surface area contributed by atoms with Gasteiger partial charge in [0, 0.05) is 61.2 Å². The van der Waals surface area contributed by atoms with Crippen LogP contribution in [0.5, 0.6) is 11.5 Å². The Morgan fingerprint density at radius 2 is 1.03 bits per heavy atom. The second-order valence-electron chi connectivity index (χ2n) is 17.1. The standard InChI is InChI=1S/C46H62N8O4S2/c1-57-41-19-11-9-17-33(41)37-27-51-21-23-53(39(43(51)49-37)25-31-13-5-3-6-14-31)45(55)35(47)29-59-60-30-36(48)46(56)54-24-22-52-28-38(34-18-10-12-20-42(34)58-2)50-44(52)40(54)26-32-15-7-4-8-16-32/h9-12,17-20,27-28,31-32,35-36,39-40H,3-8,13-16,21-26,29-30,47-48H2,1-2H3/t35-,36-,39-,40-/m0/s1. The van der Waals surface area contributed by atoms with Crippen molar-refractivity contribution in [3.05, 3.63) is 72.6 Å². The second kappa shape index (κ2) is 19.8. The summed E-state index contributed by atoms with van der Waals surface area (Å²) in [6.07, 6.45) is 18.2. The van der Waals surface area contributed by atoms with Crippen LogP contribution in [0, 0.1) is 11.8 Å². The van der Waals surface area contributed by atoms with Crippen molar-refractivity contribution in [3.8, 4) is 34.0 Å². The van der Waals surface area contributed by atoms with Gasteiger partial charge >= 0.3 is 0 Å². The number of ether oxygens (including phenoxy) is 2. The Morgan fingerprint density at radius 3 is 1.43 bits per heavy atom. The fourth-order valence-corrected chi connectivity index (χ4v) is 12.3. The third-order valence-corrected chi connectivity index (χ3v) is 15.7. The molecule has 2 amide bonds. The largest absolute Gasteiger partial charge is 0.496 e. The first kappa shape index (κ1) is 42.7. The average molecular weight is 855 g/mol. The maximum atomic E-state index is 14.2. The van der Waals surface area contributed by atoms with Crippen molar-refractivity contribution in [2.45, 2.75) is 114 Å². The van der Waals surface area contributed by atoms with Crippen LogP contribution in [0.3, 0.4) is 0 Å². The summed E-state index contributed by atoms with van der Waals surface area (Å²) in [5.74, 6) is 5.29. The predicted octanol–water partition coefficient (Wildman–Crippen LogP) is 7.87. The number of carbonyl (C=O) groups is 2. The topological polar surface area (TPSA) is 147 Å². The minimum Gasteiger partial charge on any atom is -0.496 e. The van der Waals surface area contributed by atoms with Crippen LogP contribution in [0.2, 0.25) is 0 Å². The molecule has 4 aromatic rings. The van der Waals surface area contributed by atoms with Crippen LogP contribution in [0.4, 0.5) is 0 Å². The van der Waals surface area contributed by atoms with Gasteiger partial charge in [-0.05, 0) is 48.9 Å². The van der Waals surface area contributed by atoms with Crippen LogP contribution in [0.1, 0.15) is 101 Å². The number of imidazole rings is 2. The quantitative estimate of drug-likeness (QED) is 0.0895. The molecule has 0 spiro atoms. The first-order valence-electron chi connectivity index (χ1n) is 22.1. The Hall–Kier alpha value is -3.98. The molecule has 2 aromatic carbocycles. The summed E-state index contributed by atoms with van der Waals surface area (Å²) < 4.78 is 15.8. The molecule has 0 unspecified atom stereocenters. The van der Waals surface area contributed by atoms with Gasteiger partial charge in [-0.3, -0.25) is 9.59 Å². The maximum Gasteiger partial charge on any atom is 0.241 e. The zero-order valence-electron chi connectivity index (χ0n) is 35.3. The van der Waals surface area contributed by atoms with Gasteiger partial charge in [0.15, 0.2) is 0 Å². The van der Waals surface area contributed by atoms with Gasteiger partial charge < -0.3 is 39.9 Å². The second-order valence-corrected chi connectivity index (χ2v) is 19.7. The Labute approximate surface area is 362 Å². The number of hydrogen-bond donors (Lipinski definition) is 2. The summed E-state index contributed by atoms with van der Waals surface area (Å²) in [6, 6.07) is 14.3. The van der Waals surface area contributed by atoms with Crippen molar-refractivity contribution in [1.82, 2.24) is 28.9 Å². The van der Waals surface area contributed by atoms with Gasteiger partial charge in [-0.25, -0.2) is 9.97 Å². The molecule has 0 saturated heterocycles. The molecule has 2 aromatic heterocycles. The lowest BCUT2D eigenvalue weighted by atomic mass is 9.84. The lowest BCUT2D eigenvalue weighted by Gasteiger charge is -2.39. The SMILES string of the molecule is COc1ccccc1-c1cn2c(n1)[C@H](CC1CCCCC1)N(C(=O)[C@@H](N)CSSC[C@H](N)C(=O)N1CCn3cc(-c4ccccc4OC)nc3[C@@H]1CC1CCCCC1)CC2. The van der Waals surface area contributed by atoms with Crippen molar-refractivity contribution in [3.63, 3.8) is 0 Å². The number of rotatable bonds is 15. The van der Waals surface area contributed by atoms with Crippen LogP contribution >= 0.6 is 21.6 Å². The van der Waals surface area contributed by atoms with E-state index in [9.17, 15) is 9.59 Å². The first-order valence-corrected chi connectivity index (χ1v) is 24.6. The first-order chi connectivity index (χ1) is 29.3. The number of amides is 2. The lowest BCUT2D eigenvalue weighted by molar-refractivity contribution is -0.137. The van der Waals surface area contributed by atoms with E-state index in [1.165, 1.54) is 85.8 Å². The Balaban J connectivity index is 0.908. The summed E-state index contributed by atoms with van der Waals surface area (Å²) in [7, 11) is 6.42. The van der Waals surface area contributed by atoms with E-state index in [4.69, 9.17) is 30.9 Å². The highest BCUT2D eigenvalue weighted by Crippen LogP contribution is 2.41. The molecule has 14 heteroatoms. The number of hydrogen-bond acceptors (Lipinski definition) is 10. The minimum atomic E-state index is -0.684. The monoisotopic (exact) mass is 854 g/mol. The van der Waals surface area contributed by atoms with Gasteiger partial charge in [-0.1, -0.05) is 110 Å². The van der Waals surface area contributed by atoms with Crippen molar-refractivity contribution >= 4 is 33.4 Å². The van der Waals surface area contributed by atoms with Gasteiger partial charge in [0.2, 0.25) is 11.8 Å². The summed E-state index contributed by atoms with van der Waals surface area (Å²) in [5.41, 5.74) is 17.0. The van der Waals surface area contributed by atoms with Gasteiger partial charge in [-0.15, -0.1) is 0 Å². The lowest BCUT2D eigenvalue weighted by Crippen LogP contribution is -2.51. The molecule has 12 nitrogen and oxygen atoms in total. The minimum absolute atomic E-state index is 0.0424. The van der Waals surface area contributed by atoms with E-state index in [0.717, 1.165) is 58.5 Å². The van der Waals surface area contributed by atoms with Crippen molar-refractivity contribution in [2.24, 2.45) is 23.3 Å². The van der Waals surface area contributed by atoms with Crippen LogP contribution in [0.15, 0.2) is 60.9 Å². The number of aromatic nitrogens is 4. The molecule has 4 heterocycles. The molecular weight excluding hydrogens is 793 g/mol. The number of nitrogens with zero attached hydrogens (tertiary/aromatic N) is 6. The smallest absolute Gasteiger partial charge is 0.241 e. The van der Waals surface area contributed by atoms with Gasteiger partial charge in [0.05, 0.1) is 49.8 Å². The number of benzene rings is 2. The summed E-state index contributed by atoms with van der Waals surface area (Å²) in [4.78, 5) is 42.8. The molecule has 8 rings (SSSR count). The van der Waals surface area contributed by atoms with E-state index >= 15 is 0 Å². The van der Waals surface area contributed by atoms with E-state index in [1.54, 1.807) is 14.2 Å². The number of para-hydroxylation sites is 2. The summed E-state index contributed by atoms with van der Waals surface area (Å²) >= 11 is 0. The zero-order chi connectivity index (χ0) is 41.6. The maximum absolute atomic E-state index is 14.2. The highest BCUT2D eigenvalue weighted by Gasteiger charge is 2.39. The van der Waals surface area contributed by atoms with E-state index in [0.29, 0.717) is 49.5 Å². The Morgan fingerprint density at radius 1 is 0.633 bits per heavy atom. The summed E-state index contributed by atoms with van der Waals surface area (Å²) in [6.45, 7) is 2.51. The Kier molecular flexibility index (Phi) is 14.1. The number of nitrogens with two attached hydrogens (primary N) is 2. The summed E-state index contributed by atoms with van der Waals surface area (Å²) in [5, 5.41) is 0. The van der Waals surface area contributed by atoms with Crippen LogP contribution in [0.25, 0.3) is 22.5 Å². The van der Waals surface area contributed by atoms with Crippen molar-refractivity contribution in [1.29, 1.82) is 0 Å². The molecule has 2 saturated carbocycles. The third kappa shape index (κ3) is 9.41. The molecule has 4 atom stereocenters. The van der Waals surface area contributed by atoms with Crippen LogP contribution < -0.4 is 20.9 Å². The third-order valence-electron chi connectivity index (χ3n) is 13.2. The van der Waals surface area contributed by atoms with Gasteiger partial charge in [0.25, 0.3) is 0 Å². The Bertz CT molecular complexity index is 1930. The van der Waals surface area contributed by atoms with Crippen molar-refractivity contribution < 1.29 is 19.1 Å². The molecule has 322 valence electrons. The highest BCUT2D eigenvalue weighted by atomic mass is 33.1. The normalized spacial score (nSPS) is 20.9. The number of carbonyl (C=O) groups excluding carboxylic acids is 2. The van der Waals surface area contributed by atoms with E-state index in [2.05, 4.69) is 21.5 Å². The van der Waals surface area contributed by atoms with E-state index in [-0.39, 0.29) is 23.9 Å². The van der Waals surface area contributed by atoms with Crippen molar-refractivity contribution in [2.75, 3.05) is 38.8 Å².